The van der Waals surface area contributed by atoms with Gasteiger partial charge in [-0.1, -0.05) is 23.5 Å². The van der Waals surface area contributed by atoms with Gasteiger partial charge in [-0.05, 0) is 24.6 Å². The van der Waals surface area contributed by atoms with Crippen LogP contribution < -0.4 is 10.6 Å². The zero-order chi connectivity index (χ0) is 17.3. The number of hydrogen-bond acceptors (Lipinski definition) is 6. The lowest BCUT2D eigenvalue weighted by atomic mass is 9.92. The quantitative estimate of drug-likeness (QED) is 0.804. The molecule has 0 unspecified atom stereocenters. The molecule has 24 heavy (non-hydrogen) atoms. The SMILES string of the molecule is C[C@]1(c2ccc(F)cc2)NC(=O)N(CC(=O)Nc2nncs2)C1=O. The lowest BCUT2D eigenvalue weighted by Gasteiger charge is -2.22. The van der Waals surface area contributed by atoms with Crippen LogP contribution >= 0.6 is 11.3 Å². The van der Waals surface area contributed by atoms with Crippen molar-refractivity contribution in [1.29, 1.82) is 0 Å². The number of nitrogens with one attached hydrogen (secondary N) is 2. The van der Waals surface area contributed by atoms with Crippen molar-refractivity contribution in [3.05, 3.63) is 41.2 Å². The topological polar surface area (TPSA) is 104 Å². The Morgan fingerprint density at radius 3 is 2.71 bits per heavy atom. The minimum Gasteiger partial charge on any atom is -0.319 e. The molecule has 0 saturated carbocycles. The highest BCUT2D eigenvalue weighted by atomic mass is 32.1. The maximum Gasteiger partial charge on any atom is 0.325 e. The van der Waals surface area contributed by atoms with Crippen molar-refractivity contribution in [2.45, 2.75) is 12.5 Å². The van der Waals surface area contributed by atoms with E-state index in [0.29, 0.717) is 5.56 Å². The molecule has 0 spiro atoms. The number of carbonyl (C=O) groups is 3. The van der Waals surface area contributed by atoms with Gasteiger partial charge < -0.3 is 5.32 Å². The number of urea groups is 1. The number of hydrogen-bond donors (Lipinski definition) is 2. The highest BCUT2D eigenvalue weighted by molar-refractivity contribution is 7.13. The van der Waals surface area contributed by atoms with E-state index in [9.17, 15) is 18.8 Å². The number of halogens is 1. The average molecular weight is 349 g/mol. The zero-order valence-corrected chi connectivity index (χ0v) is 13.3. The zero-order valence-electron chi connectivity index (χ0n) is 12.4. The van der Waals surface area contributed by atoms with E-state index in [0.717, 1.165) is 16.2 Å². The molecule has 0 bridgehead atoms. The summed E-state index contributed by atoms with van der Waals surface area (Å²) in [7, 11) is 0. The van der Waals surface area contributed by atoms with Crippen molar-refractivity contribution in [2.75, 3.05) is 11.9 Å². The number of benzene rings is 1. The molecule has 1 aliphatic rings. The average Bonchev–Trinajstić information content (AvgIpc) is 3.11. The maximum absolute atomic E-state index is 13.1. The molecule has 2 heterocycles. The second-order valence-corrected chi connectivity index (χ2v) is 6.08. The Kier molecular flexibility index (Phi) is 3.97. The smallest absolute Gasteiger partial charge is 0.319 e. The van der Waals surface area contributed by atoms with Crippen LogP contribution in [0.2, 0.25) is 0 Å². The minimum atomic E-state index is -1.35. The van der Waals surface area contributed by atoms with E-state index in [4.69, 9.17) is 0 Å². The van der Waals surface area contributed by atoms with Crippen LogP contribution in [0.5, 0.6) is 0 Å². The maximum atomic E-state index is 13.1. The van der Waals surface area contributed by atoms with Crippen LogP contribution in [0.4, 0.5) is 14.3 Å². The Balaban J connectivity index is 1.76. The van der Waals surface area contributed by atoms with Gasteiger partial charge >= 0.3 is 6.03 Å². The third kappa shape index (κ3) is 2.83. The van der Waals surface area contributed by atoms with E-state index in [2.05, 4.69) is 20.8 Å². The Hall–Kier alpha value is -2.88. The van der Waals surface area contributed by atoms with Gasteiger partial charge in [-0.2, -0.15) is 0 Å². The van der Waals surface area contributed by atoms with Crippen molar-refractivity contribution in [3.63, 3.8) is 0 Å². The Morgan fingerprint density at radius 1 is 1.38 bits per heavy atom. The van der Waals surface area contributed by atoms with Crippen LogP contribution in [0.1, 0.15) is 12.5 Å². The highest BCUT2D eigenvalue weighted by Gasteiger charge is 2.49. The molecule has 1 fully saturated rings. The summed E-state index contributed by atoms with van der Waals surface area (Å²) >= 11 is 1.12. The number of aromatic nitrogens is 2. The number of anilines is 1. The normalized spacial score (nSPS) is 20.2. The molecule has 124 valence electrons. The summed E-state index contributed by atoms with van der Waals surface area (Å²) in [6.07, 6.45) is 0. The fourth-order valence-corrected chi connectivity index (χ4v) is 2.81. The van der Waals surface area contributed by atoms with Gasteiger partial charge in [0.05, 0.1) is 0 Å². The third-order valence-corrected chi connectivity index (χ3v) is 4.21. The standard InChI is InChI=1S/C14H12FN5O3S/c1-14(8-2-4-9(15)5-3-8)11(22)20(13(23)18-14)6-10(21)17-12-19-16-7-24-12/h2-5,7H,6H2,1H3,(H,18,23)(H,17,19,21)/t14-/m1/s1. The van der Waals surface area contributed by atoms with Gasteiger partial charge in [-0.15, -0.1) is 10.2 Å². The first-order chi connectivity index (χ1) is 11.4. The lowest BCUT2D eigenvalue weighted by molar-refractivity contribution is -0.133. The van der Waals surface area contributed by atoms with Gasteiger partial charge in [0.25, 0.3) is 5.91 Å². The first-order valence-corrected chi connectivity index (χ1v) is 7.74. The molecular formula is C14H12FN5O3S. The van der Waals surface area contributed by atoms with Crippen molar-refractivity contribution < 1.29 is 18.8 Å². The second kappa shape index (κ2) is 5.96. The molecule has 0 aliphatic carbocycles. The second-order valence-electron chi connectivity index (χ2n) is 5.25. The van der Waals surface area contributed by atoms with Crippen LogP contribution in [0.15, 0.2) is 29.8 Å². The monoisotopic (exact) mass is 349 g/mol. The van der Waals surface area contributed by atoms with E-state index in [-0.39, 0.29) is 5.13 Å². The molecule has 0 radical (unpaired) electrons. The van der Waals surface area contributed by atoms with E-state index >= 15 is 0 Å². The van der Waals surface area contributed by atoms with Crippen LogP contribution in [0.3, 0.4) is 0 Å². The van der Waals surface area contributed by atoms with Crippen molar-refractivity contribution in [3.8, 4) is 0 Å². The van der Waals surface area contributed by atoms with E-state index in [1.807, 2.05) is 0 Å². The fraction of sp³-hybridized carbons (Fsp3) is 0.214. The summed E-state index contributed by atoms with van der Waals surface area (Å²) in [5.41, 5.74) is 0.511. The summed E-state index contributed by atoms with van der Waals surface area (Å²) in [4.78, 5) is 37.5. The molecule has 8 nitrogen and oxygen atoms in total. The Labute approximate surface area is 139 Å². The lowest BCUT2D eigenvalue weighted by Crippen LogP contribution is -2.42. The summed E-state index contributed by atoms with van der Waals surface area (Å²) < 4.78 is 13.1. The summed E-state index contributed by atoms with van der Waals surface area (Å²) in [5.74, 6) is -1.61. The largest absolute Gasteiger partial charge is 0.325 e. The van der Waals surface area contributed by atoms with Gasteiger partial charge in [0.1, 0.15) is 23.4 Å². The van der Waals surface area contributed by atoms with Crippen LogP contribution in [-0.4, -0.2) is 39.5 Å². The fourth-order valence-electron chi connectivity index (χ4n) is 2.35. The van der Waals surface area contributed by atoms with Gasteiger partial charge in [-0.25, -0.2) is 9.18 Å². The molecular weight excluding hydrogens is 337 g/mol. The molecule has 4 amide bonds. The predicted molar refractivity (Wildman–Crippen MR) is 82.5 cm³/mol. The molecule has 10 heteroatoms. The van der Waals surface area contributed by atoms with E-state index in [1.165, 1.54) is 36.7 Å². The minimum absolute atomic E-state index is 0.272. The molecule has 1 atom stereocenters. The Bertz CT molecular complexity index is 795. The molecule has 1 saturated heterocycles. The number of carbonyl (C=O) groups excluding carboxylic acids is 3. The molecule has 1 aromatic carbocycles. The number of imide groups is 1. The molecule has 1 aromatic heterocycles. The molecule has 2 aromatic rings. The van der Waals surface area contributed by atoms with E-state index in [1.54, 1.807) is 0 Å². The summed E-state index contributed by atoms with van der Waals surface area (Å²) in [6.45, 7) is 1.05. The first-order valence-electron chi connectivity index (χ1n) is 6.86. The van der Waals surface area contributed by atoms with Gasteiger partial charge in [-0.3, -0.25) is 19.8 Å². The number of amides is 4. The van der Waals surface area contributed by atoms with Crippen molar-refractivity contribution >= 4 is 34.3 Å². The predicted octanol–water partition coefficient (Wildman–Crippen LogP) is 1.08. The third-order valence-electron chi connectivity index (χ3n) is 3.60. The molecule has 2 N–H and O–H groups in total. The number of rotatable bonds is 4. The van der Waals surface area contributed by atoms with E-state index < -0.39 is 35.7 Å². The van der Waals surface area contributed by atoms with Gasteiger partial charge in [0, 0.05) is 0 Å². The Morgan fingerprint density at radius 2 is 2.08 bits per heavy atom. The van der Waals surface area contributed by atoms with Crippen LogP contribution in [0, 0.1) is 5.82 Å². The van der Waals surface area contributed by atoms with Gasteiger partial charge in [0.2, 0.25) is 11.0 Å². The first kappa shape index (κ1) is 16.0. The highest BCUT2D eigenvalue weighted by Crippen LogP contribution is 2.28. The summed E-state index contributed by atoms with van der Waals surface area (Å²) in [6, 6.07) is 4.53. The number of nitrogens with zero attached hydrogens (tertiary/aromatic N) is 3. The van der Waals surface area contributed by atoms with Crippen molar-refractivity contribution in [1.82, 2.24) is 20.4 Å². The van der Waals surface area contributed by atoms with Gasteiger partial charge in [0.15, 0.2) is 0 Å². The van der Waals surface area contributed by atoms with Crippen LogP contribution in [-0.2, 0) is 15.1 Å². The van der Waals surface area contributed by atoms with Crippen molar-refractivity contribution in [2.24, 2.45) is 0 Å². The summed E-state index contributed by atoms with van der Waals surface area (Å²) in [5, 5.41) is 12.5. The molecule has 3 rings (SSSR count). The van der Waals surface area contributed by atoms with Crippen LogP contribution in [0.25, 0.3) is 0 Å². The molecule has 1 aliphatic heterocycles.